The van der Waals surface area contributed by atoms with E-state index in [-0.39, 0.29) is 32.6 Å². The van der Waals surface area contributed by atoms with Gasteiger partial charge in [-0.2, -0.15) is 5.10 Å². The molecule has 0 radical (unpaired) electrons. The van der Waals surface area contributed by atoms with Crippen LogP contribution < -0.4 is 14.5 Å². The molecular formula is C30H27ClN4O6S. The fourth-order valence-corrected chi connectivity index (χ4v) is 5.75. The Hall–Kier alpha value is -4.74. The lowest BCUT2D eigenvalue weighted by atomic mass is 10.0. The number of benzene rings is 4. The predicted molar refractivity (Wildman–Crippen MR) is 163 cm³/mol. The summed E-state index contributed by atoms with van der Waals surface area (Å²) in [6.45, 7) is 2.48. The molecule has 1 amide bonds. The number of hydrogen-bond donors (Lipinski definition) is 1. The van der Waals surface area contributed by atoms with Gasteiger partial charge in [-0.15, -0.1) is 0 Å². The van der Waals surface area contributed by atoms with Gasteiger partial charge in [-0.25, -0.2) is 13.8 Å². The van der Waals surface area contributed by atoms with Gasteiger partial charge in [-0.3, -0.25) is 19.2 Å². The van der Waals surface area contributed by atoms with Crippen LogP contribution in [-0.4, -0.2) is 38.6 Å². The van der Waals surface area contributed by atoms with E-state index in [4.69, 9.17) is 16.3 Å². The molecule has 0 aliphatic carbocycles. The second-order valence-electron chi connectivity index (χ2n) is 9.21. The van der Waals surface area contributed by atoms with Crippen LogP contribution >= 0.6 is 11.6 Å². The number of nitrogens with zero attached hydrogens (tertiary/aromatic N) is 3. The van der Waals surface area contributed by atoms with E-state index in [0.29, 0.717) is 5.71 Å². The summed E-state index contributed by atoms with van der Waals surface area (Å²) in [6.07, 6.45) is 0. The van der Waals surface area contributed by atoms with E-state index in [1.807, 2.05) is 54.6 Å². The standard InChI is InChI=1S/C30H27ClN4O6S/c1-20-9-15-26(18-27(20)35(37)38)42(39,40)34(28-17-25(31)14-16-29(28)41-3)19-30(36)33-32-21(2)22-10-12-24(13-11-22)23-7-5-4-6-8-23/h4-18H,19H2,1-3H3,(H,33,36)/b32-21-. The average molecular weight is 607 g/mol. The van der Waals surface area contributed by atoms with Gasteiger partial charge >= 0.3 is 0 Å². The van der Waals surface area contributed by atoms with Crippen molar-refractivity contribution in [3.8, 4) is 16.9 Å². The molecule has 0 heterocycles. The normalized spacial score (nSPS) is 11.6. The number of ether oxygens (including phenoxy) is 1. The van der Waals surface area contributed by atoms with Gasteiger partial charge in [-0.05, 0) is 54.8 Å². The van der Waals surface area contributed by atoms with Crippen molar-refractivity contribution in [2.24, 2.45) is 5.10 Å². The van der Waals surface area contributed by atoms with Gasteiger partial charge in [0.2, 0.25) is 0 Å². The van der Waals surface area contributed by atoms with Crippen LogP contribution in [0.5, 0.6) is 5.75 Å². The highest BCUT2D eigenvalue weighted by molar-refractivity contribution is 7.92. The van der Waals surface area contributed by atoms with Crippen molar-refractivity contribution >= 4 is 44.6 Å². The molecule has 4 aromatic rings. The first-order valence-electron chi connectivity index (χ1n) is 12.6. The second-order valence-corrected chi connectivity index (χ2v) is 11.5. The number of aryl methyl sites for hydroxylation is 1. The first-order chi connectivity index (χ1) is 20.0. The first kappa shape index (κ1) is 30.2. The summed E-state index contributed by atoms with van der Waals surface area (Å²) in [4.78, 5) is 23.5. The van der Waals surface area contributed by atoms with E-state index in [0.717, 1.165) is 27.1 Å². The molecule has 0 aliphatic heterocycles. The third kappa shape index (κ3) is 6.76. The van der Waals surface area contributed by atoms with E-state index in [1.165, 1.54) is 44.4 Å². The van der Waals surface area contributed by atoms with Crippen molar-refractivity contribution in [1.29, 1.82) is 0 Å². The molecule has 0 aliphatic rings. The van der Waals surface area contributed by atoms with E-state index < -0.39 is 27.4 Å². The van der Waals surface area contributed by atoms with Crippen molar-refractivity contribution in [1.82, 2.24) is 5.43 Å². The predicted octanol–water partition coefficient (Wildman–Crippen LogP) is 5.97. The molecule has 10 nitrogen and oxygen atoms in total. The summed E-state index contributed by atoms with van der Waals surface area (Å²) in [7, 11) is -3.17. The maximum Gasteiger partial charge on any atom is 0.273 e. The number of nitro benzene ring substituents is 1. The summed E-state index contributed by atoms with van der Waals surface area (Å²) in [5.74, 6) is -0.641. The highest BCUT2D eigenvalue weighted by Crippen LogP contribution is 2.35. The number of rotatable bonds is 10. The zero-order chi connectivity index (χ0) is 30.4. The van der Waals surface area contributed by atoms with Crippen molar-refractivity contribution in [3.63, 3.8) is 0 Å². The Morgan fingerprint density at radius 2 is 1.67 bits per heavy atom. The van der Waals surface area contributed by atoms with Crippen LogP contribution in [0, 0.1) is 17.0 Å². The monoisotopic (exact) mass is 606 g/mol. The number of halogens is 1. The molecule has 4 rings (SSSR count). The highest BCUT2D eigenvalue weighted by Gasteiger charge is 2.31. The molecule has 0 unspecified atom stereocenters. The number of hydrazone groups is 1. The third-order valence-corrected chi connectivity index (χ3v) is 8.41. The molecular weight excluding hydrogens is 580 g/mol. The second kappa shape index (κ2) is 12.8. The van der Waals surface area contributed by atoms with Crippen LogP contribution in [0.2, 0.25) is 5.02 Å². The van der Waals surface area contributed by atoms with Crippen LogP contribution in [0.15, 0.2) is 101 Å². The van der Waals surface area contributed by atoms with Gasteiger partial charge in [0, 0.05) is 16.7 Å². The molecule has 0 fully saturated rings. The van der Waals surface area contributed by atoms with Gasteiger partial charge in [0.15, 0.2) is 0 Å². The van der Waals surface area contributed by atoms with Gasteiger partial charge in [0.25, 0.3) is 21.6 Å². The number of nitrogens with one attached hydrogen (secondary N) is 1. The zero-order valence-corrected chi connectivity index (χ0v) is 24.5. The minimum Gasteiger partial charge on any atom is -0.495 e. The average Bonchev–Trinajstić information content (AvgIpc) is 2.99. The van der Waals surface area contributed by atoms with Gasteiger partial charge in [0.1, 0.15) is 12.3 Å². The minimum absolute atomic E-state index is 0.0272. The van der Waals surface area contributed by atoms with Crippen LogP contribution in [-0.2, 0) is 14.8 Å². The lowest BCUT2D eigenvalue weighted by molar-refractivity contribution is -0.385. The number of sulfonamides is 1. The summed E-state index contributed by atoms with van der Waals surface area (Å²) in [5, 5.41) is 15.8. The number of nitro groups is 1. The molecule has 216 valence electrons. The Morgan fingerprint density at radius 1 is 1.00 bits per heavy atom. The van der Waals surface area contributed by atoms with Crippen molar-refractivity contribution in [2.75, 3.05) is 18.0 Å². The Labute approximate surface area is 248 Å². The third-order valence-electron chi connectivity index (χ3n) is 6.42. The number of carbonyl (C=O) groups is 1. The number of hydrogen-bond acceptors (Lipinski definition) is 7. The Morgan fingerprint density at radius 3 is 2.31 bits per heavy atom. The molecule has 0 spiro atoms. The Bertz CT molecular complexity index is 1760. The summed E-state index contributed by atoms with van der Waals surface area (Å²) in [6, 6.07) is 25.3. The highest BCUT2D eigenvalue weighted by atomic mass is 35.5. The molecule has 1 N–H and O–H groups in total. The Kier molecular flexibility index (Phi) is 9.24. The fraction of sp³-hybridized carbons (Fsp3) is 0.133. The van der Waals surface area contributed by atoms with Gasteiger partial charge in [-0.1, -0.05) is 72.3 Å². The van der Waals surface area contributed by atoms with Crippen LogP contribution in [0.4, 0.5) is 11.4 Å². The molecule has 0 aromatic heterocycles. The maximum absolute atomic E-state index is 13.8. The van der Waals surface area contributed by atoms with Crippen molar-refractivity contribution in [2.45, 2.75) is 18.7 Å². The van der Waals surface area contributed by atoms with Crippen molar-refractivity contribution < 1.29 is 22.9 Å². The molecule has 12 heteroatoms. The van der Waals surface area contributed by atoms with Gasteiger partial charge in [0.05, 0.1) is 28.3 Å². The van der Waals surface area contributed by atoms with Gasteiger partial charge < -0.3 is 4.74 Å². The zero-order valence-electron chi connectivity index (χ0n) is 22.9. The number of anilines is 1. The lowest BCUT2D eigenvalue weighted by Crippen LogP contribution is -2.40. The number of carbonyl (C=O) groups excluding carboxylic acids is 1. The Balaban J connectivity index is 1.63. The number of amides is 1. The van der Waals surface area contributed by atoms with E-state index in [1.54, 1.807) is 6.92 Å². The molecule has 0 saturated carbocycles. The minimum atomic E-state index is -4.51. The van der Waals surface area contributed by atoms with Crippen molar-refractivity contribution in [3.05, 3.63) is 117 Å². The molecule has 0 atom stereocenters. The first-order valence-corrected chi connectivity index (χ1v) is 14.4. The SMILES string of the molecule is COc1ccc(Cl)cc1N(CC(=O)N/N=C(/C)c1ccc(-c2ccccc2)cc1)S(=O)(=O)c1ccc(C)c([N+](=O)[O-])c1. The molecule has 0 saturated heterocycles. The maximum atomic E-state index is 13.8. The molecule has 4 aromatic carbocycles. The fourth-order valence-electron chi connectivity index (χ4n) is 4.14. The topological polar surface area (TPSA) is 131 Å². The van der Waals surface area contributed by atoms with Crippen LogP contribution in [0.3, 0.4) is 0 Å². The summed E-state index contributed by atoms with van der Waals surface area (Å²) in [5.41, 5.74) is 5.60. The summed E-state index contributed by atoms with van der Waals surface area (Å²) >= 11 is 6.17. The summed E-state index contributed by atoms with van der Waals surface area (Å²) < 4.78 is 33.8. The smallest absolute Gasteiger partial charge is 0.273 e. The molecule has 42 heavy (non-hydrogen) atoms. The van der Waals surface area contributed by atoms with E-state index in [2.05, 4.69) is 10.5 Å². The van der Waals surface area contributed by atoms with E-state index in [9.17, 15) is 23.3 Å². The largest absolute Gasteiger partial charge is 0.495 e. The van der Waals surface area contributed by atoms with Crippen LogP contribution in [0.25, 0.3) is 11.1 Å². The van der Waals surface area contributed by atoms with E-state index >= 15 is 0 Å². The number of methoxy groups -OCH3 is 1. The lowest BCUT2D eigenvalue weighted by Gasteiger charge is -2.25. The quantitative estimate of drug-likeness (QED) is 0.134. The van der Waals surface area contributed by atoms with Crippen LogP contribution in [0.1, 0.15) is 18.1 Å². The molecule has 0 bridgehead atoms.